The van der Waals surface area contributed by atoms with Crippen LogP contribution in [0.2, 0.25) is 0 Å². The van der Waals surface area contributed by atoms with Crippen LogP contribution in [0.5, 0.6) is 17.2 Å². The number of ether oxygens (including phenoxy) is 3. The number of anilines is 1. The van der Waals surface area contributed by atoms with Crippen molar-refractivity contribution in [3.8, 4) is 17.2 Å². The van der Waals surface area contributed by atoms with Crippen molar-refractivity contribution in [3.05, 3.63) is 48.0 Å². The van der Waals surface area contributed by atoms with E-state index in [1.54, 1.807) is 31.2 Å². The normalized spacial score (nSPS) is 15.3. The highest BCUT2D eigenvalue weighted by Crippen LogP contribution is 2.36. The molecule has 1 atom stereocenters. The number of carbonyl (C=O) groups is 2. The summed E-state index contributed by atoms with van der Waals surface area (Å²) in [6.45, 7) is -1.13. The molecule has 1 N–H and O–H groups in total. The van der Waals surface area contributed by atoms with Crippen LogP contribution in [0.15, 0.2) is 42.5 Å². The average Bonchev–Trinajstić information content (AvgIpc) is 2.72. The first kappa shape index (κ1) is 20.4. The van der Waals surface area contributed by atoms with E-state index >= 15 is 0 Å². The molecule has 0 aromatic heterocycles. The SMILES string of the molecule is CCOc1cc(C(=O)N2C[C@H](C(=O)NC)Oc3ccccc32)ccc1OC(F)F. The zero-order chi connectivity index (χ0) is 21.0. The molecule has 0 bridgehead atoms. The second kappa shape index (κ2) is 8.76. The average molecular weight is 406 g/mol. The van der Waals surface area contributed by atoms with Gasteiger partial charge in [-0.1, -0.05) is 12.1 Å². The predicted molar refractivity (Wildman–Crippen MR) is 101 cm³/mol. The van der Waals surface area contributed by atoms with Crippen LogP contribution < -0.4 is 24.4 Å². The summed E-state index contributed by atoms with van der Waals surface area (Å²) in [6.07, 6.45) is -0.883. The number of benzene rings is 2. The minimum absolute atomic E-state index is 0.00518. The molecule has 1 heterocycles. The van der Waals surface area contributed by atoms with Crippen molar-refractivity contribution in [1.82, 2.24) is 5.32 Å². The number of carbonyl (C=O) groups excluding carboxylic acids is 2. The van der Waals surface area contributed by atoms with Crippen LogP contribution in [0.25, 0.3) is 0 Å². The lowest BCUT2D eigenvalue weighted by Gasteiger charge is -2.34. The summed E-state index contributed by atoms with van der Waals surface area (Å²) in [5.41, 5.74) is 0.700. The Labute approximate surface area is 166 Å². The third kappa shape index (κ3) is 4.39. The number of nitrogens with zero attached hydrogens (tertiary/aromatic N) is 1. The van der Waals surface area contributed by atoms with E-state index in [1.807, 2.05) is 0 Å². The second-order valence-electron chi connectivity index (χ2n) is 6.08. The summed E-state index contributed by atoms with van der Waals surface area (Å²) < 4.78 is 40.7. The van der Waals surface area contributed by atoms with Crippen molar-refractivity contribution in [2.75, 3.05) is 25.1 Å². The molecule has 0 aliphatic carbocycles. The van der Waals surface area contributed by atoms with Crippen LogP contribution in [0.4, 0.5) is 14.5 Å². The van der Waals surface area contributed by atoms with Gasteiger partial charge in [0.1, 0.15) is 5.75 Å². The van der Waals surface area contributed by atoms with E-state index in [4.69, 9.17) is 9.47 Å². The molecule has 154 valence electrons. The van der Waals surface area contributed by atoms with Gasteiger partial charge in [0.25, 0.3) is 11.8 Å². The smallest absolute Gasteiger partial charge is 0.387 e. The Morgan fingerprint density at radius 3 is 2.69 bits per heavy atom. The van der Waals surface area contributed by atoms with Crippen molar-refractivity contribution in [2.45, 2.75) is 19.6 Å². The molecule has 0 saturated carbocycles. The number of amides is 2. The van der Waals surface area contributed by atoms with Crippen LogP contribution in [0.1, 0.15) is 17.3 Å². The first-order chi connectivity index (χ1) is 13.9. The number of hydrogen-bond donors (Lipinski definition) is 1. The third-order valence-corrected chi connectivity index (χ3v) is 4.26. The Kier molecular flexibility index (Phi) is 6.16. The zero-order valence-electron chi connectivity index (χ0n) is 15.9. The monoisotopic (exact) mass is 406 g/mol. The number of hydrogen-bond acceptors (Lipinski definition) is 5. The van der Waals surface area contributed by atoms with Gasteiger partial charge in [0.05, 0.1) is 18.8 Å². The van der Waals surface area contributed by atoms with Gasteiger partial charge in [0, 0.05) is 12.6 Å². The highest BCUT2D eigenvalue weighted by Gasteiger charge is 2.34. The molecule has 9 heteroatoms. The highest BCUT2D eigenvalue weighted by molar-refractivity contribution is 6.08. The number of halogens is 2. The van der Waals surface area contributed by atoms with E-state index in [9.17, 15) is 18.4 Å². The van der Waals surface area contributed by atoms with Gasteiger partial charge in [-0.05, 0) is 37.3 Å². The van der Waals surface area contributed by atoms with Crippen LogP contribution in [0, 0.1) is 0 Å². The maximum atomic E-state index is 13.2. The Bertz CT molecular complexity index is 906. The maximum Gasteiger partial charge on any atom is 0.387 e. The molecule has 0 spiro atoms. The van der Waals surface area contributed by atoms with E-state index in [1.165, 1.54) is 30.1 Å². The van der Waals surface area contributed by atoms with Crippen LogP contribution in [-0.4, -0.2) is 44.7 Å². The highest BCUT2D eigenvalue weighted by atomic mass is 19.3. The van der Waals surface area contributed by atoms with Gasteiger partial charge in [-0.2, -0.15) is 8.78 Å². The van der Waals surface area contributed by atoms with Gasteiger partial charge in [0.2, 0.25) is 0 Å². The summed E-state index contributed by atoms with van der Waals surface area (Å²) >= 11 is 0. The number of alkyl halides is 2. The first-order valence-corrected chi connectivity index (χ1v) is 8.95. The topological polar surface area (TPSA) is 77.1 Å². The molecular weight excluding hydrogens is 386 g/mol. The number of nitrogens with one attached hydrogen (secondary N) is 1. The maximum absolute atomic E-state index is 13.2. The quantitative estimate of drug-likeness (QED) is 0.798. The molecule has 2 aromatic carbocycles. The lowest BCUT2D eigenvalue weighted by molar-refractivity contribution is -0.127. The molecule has 2 aromatic rings. The lowest BCUT2D eigenvalue weighted by atomic mass is 10.1. The summed E-state index contributed by atoms with van der Waals surface area (Å²) in [7, 11) is 1.48. The molecule has 29 heavy (non-hydrogen) atoms. The van der Waals surface area contributed by atoms with Gasteiger partial charge in [-0.15, -0.1) is 0 Å². The van der Waals surface area contributed by atoms with Crippen LogP contribution in [-0.2, 0) is 4.79 Å². The van der Waals surface area contributed by atoms with E-state index < -0.39 is 18.6 Å². The first-order valence-electron chi connectivity index (χ1n) is 8.95. The molecular formula is C20H20F2N2O5. The largest absolute Gasteiger partial charge is 0.490 e. The number of rotatable bonds is 6. The van der Waals surface area contributed by atoms with Gasteiger partial charge < -0.3 is 24.4 Å². The molecule has 0 fully saturated rings. The van der Waals surface area contributed by atoms with E-state index in [0.717, 1.165) is 0 Å². The van der Waals surface area contributed by atoms with Crippen LogP contribution >= 0.6 is 0 Å². The van der Waals surface area contributed by atoms with Crippen molar-refractivity contribution in [3.63, 3.8) is 0 Å². The van der Waals surface area contributed by atoms with Crippen molar-refractivity contribution in [2.24, 2.45) is 0 Å². The Balaban J connectivity index is 1.96. The lowest BCUT2D eigenvalue weighted by Crippen LogP contribution is -2.50. The fraction of sp³-hybridized carbons (Fsp3) is 0.300. The fourth-order valence-electron chi connectivity index (χ4n) is 2.98. The standard InChI is InChI=1S/C20H20F2N2O5/c1-3-27-16-10-12(8-9-15(16)29-20(21)22)19(26)24-11-17(18(25)23-2)28-14-7-5-4-6-13(14)24/h4-10,17,20H,3,11H2,1-2H3,(H,23,25)/t17-/m1/s1. The molecule has 1 aliphatic heterocycles. The van der Waals surface area contributed by atoms with Gasteiger partial charge >= 0.3 is 6.61 Å². The Morgan fingerprint density at radius 1 is 1.24 bits per heavy atom. The van der Waals surface area contributed by atoms with Gasteiger partial charge in [-0.25, -0.2) is 0 Å². The molecule has 0 radical (unpaired) electrons. The Morgan fingerprint density at radius 2 is 2.00 bits per heavy atom. The van der Waals surface area contributed by atoms with Gasteiger partial charge in [0.15, 0.2) is 17.6 Å². The summed E-state index contributed by atoms with van der Waals surface area (Å²) in [5.74, 6) is -0.539. The van der Waals surface area contributed by atoms with E-state index in [-0.39, 0.29) is 36.1 Å². The molecule has 0 saturated heterocycles. The summed E-state index contributed by atoms with van der Waals surface area (Å²) in [5, 5.41) is 2.51. The predicted octanol–water partition coefficient (Wildman–Crippen LogP) is 2.84. The number of para-hydroxylation sites is 2. The molecule has 7 nitrogen and oxygen atoms in total. The van der Waals surface area contributed by atoms with E-state index in [2.05, 4.69) is 10.1 Å². The van der Waals surface area contributed by atoms with Crippen molar-refractivity contribution in [1.29, 1.82) is 0 Å². The molecule has 0 unspecified atom stereocenters. The molecule has 1 aliphatic rings. The Hall–Kier alpha value is -3.36. The molecule has 2 amide bonds. The fourth-order valence-corrected chi connectivity index (χ4v) is 2.98. The summed E-state index contributed by atoms with van der Waals surface area (Å²) in [4.78, 5) is 26.7. The summed E-state index contributed by atoms with van der Waals surface area (Å²) in [6, 6.07) is 10.8. The zero-order valence-corrected chi connectivity index (χ0v) is 15.9. The van der Waals surface area contributed by atoms with E-state index in [0.29, 0.717) is 11.4 Å². The third-order valence-electron chi connectivity index (χ3n) is 4.26. The van der Waals surface area contributed by atoms with Crippen LogP contribution in [0.3, 0.4) is 0 Å². The van der Waals surface area contributed by atoms with Crippen molar-refractivity contribution >= 4 is 17.5 Å². The minimum Gasteiger partial charge on any atom is -0.490 e. The van der Waals surface area contributed by atoms with Gasteiger partial charge in [-0.3, -0.25) is 9.59 Å². The minimum atomic E-state index is -3.02. The van der Waals surface area contributed by atoms with Crippen molar-refractivity contribution < 1.29 is 32.6 Å². The molecule has 3 rings (SSSR count). The second-order valence-corrected chi connectivity index (χ2v) is 6.08. The number of likely N-dealkylation sites (N-methyl/N-ethyl adjacent to an activating group) is 1. The number of fused-ring (bicyclic) bond motifs is 1.